The Bertz CT molecular complexity index is 1400. The third-order valence-electron chi connectivity index (χ3n) is 10.5. The summed E-state index contributed by atoms with van der Waals surface area (Å²) in [7, 11) is 0. The van der Waals surface area contributed by atoms with Gasteiger partial charge in [-0.1, -0.05) is 206 Å². The number of unbranched alkanes of at least 4 members (excludes halogenated alkanes) is 14. The summed E-state index contributed by atoms with van der Waals surface area (Å²) in [4.78, 5) is 37.7. The standard InChI is InChI=1S/C59H94O6/c1-4-7-10-13-15-17-19-21-23-25-27-28-29-30-32-33-35-37-39-41-43-46-49-52-58(61)64-55-56(54-63-57(60)51-48-45-12-9-6-3)65-59(62)53-50-47-44-42-40-38-36-34-31-26-24-22-20-18-16-14-11-8-5-2/h7,10,15-18,21-24,27-28,30-32,34-35,37,41,43,56H,4-6,8-9,11-14,19-20,25-26,29,33,36,38-40,42,44-55H2,1-3H3/b10-7-,17-15-,18-16-,23-21-,24-22-,28-27-,32-30-,34-31-,37-35-,43-41-. The molecule has 0 aliphatic rings. The van der Waals surface area contributed by atoms with Crippen LogP contribution in [-0.4, -0.2) is 37.2 Å². The maximum absolute atomic E-state index is 12.7. The quantitative estimate of drug-likeness (QED) is 0.0262. The SMILES string of the molecule is CC/C=C\C/C=C\C/C=C\C/C=C\C/C=C\C/C=C\C/C=C\CCCC(=O)OCC(COC(=O)CCCCCCC)OC(=O)CCCCCCCC/C=C\C/C=C\C/C=C\CCCCC. The summed E-state index contributed by atoms with van der Waals surface area (Å²) >= 11 is 0. The highest BCUT2D eigenvalue weighted by Crippen LogP contribution is 2.12. The number of carbonyl (C=O) groups excluding carboxylic acids is 3. The lowest BCUT2D eigenvalue weighted by Gasteiger charge is -2.18. The van der Waals surface area contributed by atoms with Gasteiger partial charge in [0, 0.05) is 19.3 Å². The molecule has 0 rings (SSSR count). The van der Waals surface area contributed by atoms with Crippen molar-refractivity contribution in [2.75, 3.05) is 13.2 Å². The van der Waals surface area contributed by atoms with Gasteiger partial charge in [0.05, 0.1) is 0 Å². The molecule has 6 heteroatoms. The number of hydrogen-bond acceptors (Lipinski definition) is 6. The van der Waals surface area contributed by atoms with Gasteiger partial charge in [-0.2, -0.15) is 0 Å². The van der Waals surface area contributed by atoms with E-state index < -0.39 is 6.10 Å². The molecule has 0 fully saturated rings. The van der Waals surface area contributed by atoms with E-state index in [-0.39, 0.29) is 37.5 Å². The van der Waals surface area contributed by atoms with Crippen LogP contribution in [0.2, 0.25) is 0 Å². The van der Waals surface area contributed by atoms with Crippen LogP contribution in [-0.2, 0) is 28.6 Å². The van der Waals surface area contributed by atoms with E-state index in [4.69, 9.17) is 14.2 Å². The average Bonchev–Trinajstić information content (AvgIpc) is 3.30. The van der Waals surface area contributed by atoms with Crippen molar-refractivity contribution in [1.82, 2.24) is 0 Å². The number of carbonyl (C=O) groups is 3. The van der Waals surface area contributed by atoms with Crippen LogP contribution in [0.1, 0.15) is 213 Å². The Morgan fingerprint density at radius 1 is 0.323 bits per heavy atom. The van der Waals surface area contributed by atoms with Crippen LogP contribution < -0.4 is 0 Å². The highest BCUT2D eigenvalue weighted by molar-refractivity contribution is 5.71. The molecule has 0 amide bonds. The fraction of sp³-hybridized carbons (Fsp3) is 0.610. The Morgan fingerprint density at radius 2 is 0.615 bits per heavy atom. The molecule has 0 bridgehead atoms. The minimum atomic E-state index is -0.808. The normalized spacial score (nSPS) is 13.1. The summed E-state index contributed by atoms with van der Waals surface area (Å²) in [6.45, 7) is 6.33. The first kappa shape index (κ1) is 60.8. The van der Waals surface area contributed by atoms with Gasteiger partial charge < -0.3 is 14.2 Å². The Morgan fingerprint density at radius 3 is 1.03 bits per heavy atom. The predicted molar refractivity (Wildman–Crippen MR) is 279 cm³/mol. The molecule has 366 valence electrons. The van der Waals surface area contributed by atoms with E-state index in [1.54, 1.807) is 0 Å². The van der Waals surface area contributed by atoms with Gasteiger partial charge in [0.15, 0.2) is 6.10 Å². The molecule has 0 N–H and O–H groups in total. The van der Waals surface area contributed by atoms with Crippen LogP contribution >= 0.6 is 0 Å². The molecule has 0 aliphatic heterocycles. The van der Waals surface area contributed by atoms with Crippen molar-refractivity contribution in [1.29, 1.82) is 0 Å². The summed E-state index contributed by atoms with van der Waals surface area (Å²) in [5.74, 6) is -1.00. The topological polar surface area (TPSA) is 78.9 Å². The van der Waals surface area contributed by atoms with E-state index in [9.17, 15) is 14.4 Å². The fourth-order valence-corrected chi connectivity index (χ4v) is 6.55. The van der Waals surface area contributed by atoms with Gasteiger partial charge in [-0.15, -0.1) is 0 Å². The van der Waals surface area contributed by atoms with Crippen LogP contribution in [0.4, 0.5) is 0 Å². The van der Waals surface area contributed by atoms with Gasteiger partial charge in [-0.25, -0.2) is 0 Å². The third-order valence-corrected chi connectivity index (χ3v) is 10.5. The van der Waals surface area contributed by atoms with Crippen LogP contribution in [0.25, 0.3) is 0 Å². The van der Waals surface area contributed by atoms with Gasteiger partial charge in [-0.3, -0.25) is 14.4 Å². The van der Waals surface area contributed by atoms with Crippen molar-refractivity contribution in [2.24, 2.45) is 0 Å². The Balaban J connectivity index is 4.32. The maximum Gasteiger partial charge on any atom is 0.306 e. The summed E-state index contributed by atoms with van der Waals surface area (Å²) in [6, 6.07) is 0. The second kappa shape index (κ2) is 52.4. The molecule has 0 aliphatic carbocycles. The van der Waals surface area contributed by atoms with Crippen molar-refractivity contribution in [3.8, 4) is 0 Å². The zero-order chi connectivity index (χ0) is 47.2. The Hall–Kier alpha value is -4.19. The molecule has 0 aromatic carbocycles. The van der Waals surface area contributed by atoms with Crippen molar-refractivity contribution in [3.63, 3.8) is 0 Å². The summed E-state index contributed by atoms with van der Waals surface area (Å²) in [5, 5.41) is 0. The highest BCUT2D eigenvalue weighted by atomic mass is 16.6. The number of ether oxygens (including phenoxy) is 3. The highest BCUT2D eigenvalue weighted by Gasteiger charge is 2.19. The van der Waals surface area contributed by atoms with Gasteiger partial charge in [0.25, 0.3) is 0 Å². The number of allylic oxidation sites excluding steroid dienone is 20. The lowest BCUT2D eigenvalue weighted by molar-refractivity contribution is -0.167. The Labute approximate surface area is 399 Å². The minimum absolute atomic E-state index is 0.106. The monoisotopic (exact) mass is 899 g/mol. The first-order valence-electron chi connectivity index (χ1n) is 26.0. The maximum atomic E-state index is 12.7. The lowest BCUT2D eigenvalue weighted by Crippen LogP contribution is -2.30. The zero-order valence-corrected chi connectivity index (χ0v) is 41.7. The molecule has 65 heavy (non-hydrogen) atoms. The zero-order valence-electron chi connectivity index (χ0n) is 41.7. The molecule has 0 radical (unpaired) electrons. The van der Waals surface area contributed by atoms with Gasteiger partial charge >= 0.3 is 17.9 Å². The summed E-state index contributed by atoms with van der Waals surface area (Å²) in [5.41, 5.74) is 0. The number of rotatable bonds is 45. The van der Waals surface area contributed by atoms with Crippen molar-refractivity contribution in [2.45, 2.75) is 219 Å². The van der Waals surface area contributed by atoms with Crippen LogP contribution in [0, 0.1) is 0 Å². The van der Waals surface area contributed by atoms with Gasteiger partial charge in [0.1, 0.15) is 13.2 Å². The van der Waals surface area contributed by atoms with Crippen molar-refractivity contribution >= 4 is 17.9 Å². The second-order valence-electron chi connectivity index (χ2n) is 16.7. The van der Waals surface area contributed by atoms with Crippen molar-refractivity contribution < 1.29 is 28.6 Å². The third kappa shape index (κ3) is 50.7. The van der Waals surface area contributed by atoms with Crippen LogP contribution in [0.15, 0.2) is 122 Å². The largest absolute Gasteiger partial charge is 0.462 e. The number of esters is 3. The van der Waals surface area contributed by atoms with E-state index in [1.165, 1.54) is 38.5 Å². The van der Waals surface area contributed by atoms with Crippen LogP contribution in [0.3, 0.4) is 0 Å². The predicted octanol–water partition coefficient (Wildman–Crippen LogP) is 17.3. The molecule has 0 aromatic rings. The number of hydrogen-bond donors (Lipinski definition) is 0. The van der Waals surface area contributed by atoms with Gasteiger partial charge in [0.2, 0.25) is 0 Å². The molecule has 0 spiro atoms. The molecule has 0 heterocycles. The first-order chi connectivity index (χ1) is 32.0. The van der Waals surface area contributed by atoms with Crippen LogP contribution in [0.5, 0.6) is 0 Å². The smallest absolute Gasteiger partial charge is 0.306 e. The lowest BCUT2D eigenvalue weighted by atomic mass is 10.1. The van der Waals surface area contributed by atoms with Crippen molar-refractivity contribution in [3.05, 3.63) is 122 Å². The molecular formula is C59H94O6. The van der Waals surface area contributed by atoms with E-state index >= 15 is 0 Å². The summed E-state index contributed by atoms with van der Waals surface area (Å²) < 4.78 is 16.6. The van der Waals surface area contributed by atoms with E-state index in [0.717, 1.165) is 128 Å². The molecule has 0 saturated heterocycles. The minimum Gasteiger partial charge on any atom is -0.462 e. The fourth-order valence-electron chi connectivity index (χ4n) is 6.55. The van der Waals surface area contributed by atoms with E-state index in [2.05, 4.69) is 142 Å². The second-order valence-corrected chi connectivity index (χ2v) is 16.7. The molecule has 1 unspecified atom stereocenters. The first-order valence-corrected chi connectivity index (χ1v) is 26.0. The molecule has 0 aromatic heterocycles. The molecule has 1 atom stereocenters. The average molecular weight is 899 g/mol. The molecular weight excluding hydrogens is 805 g/mol. The van der Waals surface area contributed by atoms with Gasteiger partial charge in [-0.05, 0) is 109 Å². The molecule has 6 nitrogen and oxygen atoms in total. The van der Waals surface area contributed by atoms with E-state index in [0.29, 0.717) is 19.3 Å². The summed E-state index contributed by atoms with van der Waals surface area (Å²) in [6.07, 6.45) is 72.2. The Kier molecular flexibility index (Phi) is 49.1. The van der Waals surface area contributed by atoms with E-state index in [1.807, 2.05) is 0 Å². The molecule has 0 saturated carbocycles.